The molecule has 6 heteroatoms. The van der Waals surface area contributed by atoms with E-state index in [4.69, 9.17) is 5.10 Å². The van der Waals surface area contributed by atoms with E-state index in [1.165, 1.54) is 0 Å². The minimum Gasteiger partial charge on any atom is -0.391 e. The van der Waals surface area contributed by atoms with Gasteiger partial charge in [-0.1, -0.05) is 115 Å². The molecule has 6 aromatic rings. The fourth-order valence-corrected chi connectivity index (χ4v) is 5.76. The lowest BCUT2D eigenvalue weighted by Gasteiger charge is -2.34. The summed E-state index contributed by atoms with van der Waals surface area (Å²) in [5.74, 6) is 0.543. The molecule has 5 nitrogen and oxygen atoms in total. The van der Waals surface area contributed by atoms with Gasteiger partial charge in [-0.15, -0.1) is 26.3 Å². The van der Waals surface area contributed by atoms with Crippen LogP contribution in [-0.2, 0) is 12.1 Å². The van der Waals surface area contributed by atoms with Gasteiger partial charge in [-0.3, -0.25) is 0 Å². The predicted molar refractivity (Wildman–Crippen MR) is 147 cm³/mol. The van der Waals surface area contributed by atoms with Gasteiger partial charge in [0.15, 0.2) is 5.54 Å². The number of nitrogens with zero attached hydrogens (tertiary/aromatic N) is 4. The van der Waals surface area contributed by atoms with E-state index >= 15 is 0 Å². The normalized spacial score (nSPS) is 11.5. The first-order valence-corrected chi connectivity index (χ1v) is 12.9. The Morgan fingerprint density at radius 1 is 0.622 bits per heavy atom. The minimum absolute atomic E-state index is 0.0228. The molecule has 4 aromatic carbocycles. The number of benzene rings is 4. The van der Waals surface area contributed by atoms with Gasteiger partial charge in [-0.25, -0.2) is 0 Å². The second-order valence-electron chi connectivity index (χ2n) is 8.68. The lowest BCUT2D eigenvalue weighted by molar-refractivity contribution is 0.285. The SMILES string of the molecule is OCc1ccc(-c2ccccc2-c2nnn(C(c3ccccc3)(c3ccccc3)c3ccccc3)n2)s1. The van der Waals surface area contributed by atoms with E-state index < -0.39 is 5.54 Å². The average molecular weight is 501 g/mol. The number of hydrogen-bond acceptors (Lipinski definition) is 5. The highest BCUT2D eigenvalue weighted by Crippen LogP contribution is 2.40. The third-order valence-electron chi connectivity index (χ3n) is 6.54. The van der Waals surface area contributed by atoms with Gasteiger partial charge >= 0.3 is 0 Å². The quantitative estimate of drug-likeness (QED) is 0.258. The first-order chi connectivity index (χ1) is 18.3. The maximum absolute atomic E-state index is 9.57. The Morgan fingerprint density at radius 3 is 1.65 bits per heavy atom. The summed E-state index contributed by atoms with van der Waals surface area (Å²) < 4.78 is 0. The molecule has 6 rings (SSSR count). The molecule has 37 heavy (non-hydrogen) atoms. The summed E-state index contributed by atoms with van der Waals surface area (Å²) in [6.07, 6.45) is 0. The van der Waals surface area contributed by atoms with Crippen LogP contribution in [0.3, 0.4) is 0 Å². The van der Waals surface area contributed by atoms with Crippen molar-refractivity contribution in [1.29, 1.82) is 0 Å². The standard InChI is InChI=1S/C31H24N4OS/c36-22-26-20-21-29(37-26)27-18-10-11-19-28(27)30-32-34-35(33-30)31(23-12-4-1-5-13-23,24-14-6-2-7-15-24)25-16-8-3-9-17-25/h1-21,36H,22H2. The number of aromatic nitrogens is 4. The van der Waals surface area contributed by atoms with Crippen LogP contribution in [0.15, 0.2) is 127 Å². The number of aliphatic hydroxyl groups is 1. The minimum atomic E-state index is -0.822. The average Bonchev–Trinajstić information content (AvgIpc) is 3.66. The van der Waals surface area contributed by atoms with Crippen LogP contribution in [0, 0.1) is 0 Å². The zero-order chi connectivity index (χ0) is 25.1. The Bertz CT molecular complexity index is 1510. The molecule has 0 spiro atoms. The lowest BCUT2D eigenvalue weighted by Crippen LogP contribution is -2.39. The van der Waals surface area contributed by atoms with Crippen molar-refractivity contribution < 1.29 is 5.11 Å². The summed E-state index contributed by atoms with van der Waals surface area (Å²) in [5.41, 5.74) is 4.19. The second-order valence-corrected chi connectivity index (χ2v) is 9.85. The van der Waals surface area contributed by atoms with E-state index in [2.05, 4.69) is 52.8 Å². The van der Waals surface area contributed by atoms with Crippen molar-refractivity contribution in [1.82, 2.24) is 20.2 Å². The Kier molecular flexibility index (Phi) is 6.18. The van der Waals surface area contributed by atoms with Crippen molar-refractivity contribution >= 4 is 11.3 Å². The Morgan fingerprint density at radius 2 is 1.14 bits per heavy atom. The third-order valence-corrected chi connectivity index (χ3v) is 7.64. The van der Waals surface area contributed by atoms with Crippen LogP contribution in [0.25, 0.3) is 21.8 Å². The van der Waals surface area contributed by atoms with E-state index in [1.807, 2.05) is 84.9 Å². The molecule has 180 valence electrons. The van der Waals surface area contributed by atoms with Crippen molar-refractivity contribution in [2.75, 3.05) is 0 Å². The van der Waals surface area contributed by atoms with Crippen LogP contribution < -0.4 is 0 Å². The van der Waals surface area contributed by atoms with E-state index in [0.717, 1.165) is 37.6 Å². The Balaban J connectivity index is 1.58. The molecule has 1 N–H and O–H groups in total. The lowest BCUT2D eigenvalue weighted by atomic mass is 9.77. The second kappa shape index (κ2) is 9.93. The fourth-order valence-electron chi connectivity index (χ4n) is 4.85. The van der Waals surface area contributed by atoms with Crippen molar-refractivity contribution in [2.45, 2.75) is 12.1 Å². The summed E-state index contributed by atoms with van der Waals surface area (Å²) >= 11 is 1.56. The highest BCUT2D eigenvalue weighted by molar-refractivity contribution is 7.15. The highest BCUT2D eigenvalue weighted by atomic mass is 32.1. The van der Waals surface area contributed by atoms with Crippen LogP contribution >= 0.6 is 11.3 Å². The molecule has 0 aliphatic carbocycles. The number of hydrogen-bond donors (Lipinski definition) is 1. The molecule has 2 heterocycles. The monoisotopic (exact) mass is 500 g/mol. The number of rotatable bonds is 7. The van der Waals surface area contributed by atoms with E-state index in [1.54, 1.807) is 16.1 Å². The van der Waals surface area contributed by atoms with Crippen LogP contribution in [0.4, 0.5) is 0 Å². The van der Waals surface area contributed by atoms with Gasteiger partial charge < -0.3 is 5.11 Å². The van der Waals surface area contributed by atoms with Crippen LogP contribution in [0.5, 0.6) is 0 Å². The highest BCUT2D eigenvalue weighted by Gasteiger charge is 2.41. The molecule has 0 unspecified atom stereocenters. The Labute approximate surface area is 219 Å². The van der Waals surface area contributed by atoms with Gasteiger partial charge in [0.1, 0.15) is 0 Å². The zero-order valence-electron chi connectivity index (χ0n) is 20.0. The van der Waals surface area contributed by atoms with Gasteiger partial charge in [0.05, 0.1) is 6.61 Å². The number of thiophene rings is 1. The van der Waals surface area contributed by atoms with Gasteiger partial charge in [0.25, 0.3) is 0 Å². The van der Waals surface area contributed by atoms with Crippen molar-refractivity contribution in [3.05, 3.63) is 149 Å². The molecule has 0 fully saturated rings. The maximum atomic E-state index is 9.57. The van der Waals surface area contributed by atoms with Gasteiger partial charge in [0, 0.05) is 20.9 Å². The zero-order valence-corrected chi connectivity index (χ0v) is 20.8. The molecule has 0 aliphatic heterocycles. The molecule has 0 saturated heterocycles. The molecule has 0 bridgehead atoms. The largest absolute Gasteiger partial charge is 0.391 e. The van der Waals surface area contributed by atoms with Crippen LogP contribution in [0.2, 0.25) is 0 Å². The molecule has 0 aliphatic rings. The first-order valence-electron chi connectivity index (χ1n) is 12.1. The summed E-state index contributed by atoms with van der Waals surface area (Å²) in [6, 6.07) is 43.0. The van der Waals surface area contributed by atoms with Gasteiger partial charge in [-0.05, 0) is 34.0 Å². The van der Waals surface area contributed by atoms with E-state index in [0.29, 0.717) is 5.82 Å². The van der Waals surface area contributed by atoms with E-state index in [-0.39, 0.29) is 6.61 Å². The molecule has 0 atom stereocenters. The molecule has 0 amide bonds. The van der Waals surface area contributed by atoms with Crippen molar-refractivity contribution in [3.8, 4) is 21.8 Å². The summed E-state index contributed by atoms with van der Waals surface area (Å²) in [4.78, 5) is 3.71. The number of aliphatic hydroxyl groups excluding tert-OH is 1. The van der Waals surface area contributed by atoms with E-state index in [9.17, 15) is 5.11 Å². The third kappa shape index (κ3) is 4.06. The molecule has 0 radical (unpaired) electrons. The van der Waals surface area contributed by atoms with Crippen molar-refractivity contribution in [2.24, 2.45) is 0 Å². The maximum Gasteiger partial charge on any atom is 0.205 e. The smallest absolute Gasteiger partial charge is 0.205 e. The molecule has 0 saturated carbocycles. The summed E-state index contributed by atoms with van der Waals surface area (Å²) in [7, 11) is 0. The van der Waals surface area contributed by atoms with Gasteiger partial charge in [-0.2, -0.15) is 0 Å². The molecular weight excluding hydrogens is 476 g/mol. The molecular formula is C31H24N4OS. The topological polar surface area (TPSA) is 63.8 Å². The first kappa shape index (κ1) is 23.0. The van der Waals surface area contributed by atoms with Crippen LogP contribution in [0.1, 0.15) is 21.6 Å². The summed E-state index contributed by atoms with van der Waals surface area (Å²) in [5, 5.41) is 23.9. The fraction of sp³-hybridized carbons (Fsp3) is 0.0645. The molecule has 2 aromatic heterocycles. The van der Waals surface area contributed by atoms with Crippen molar-refractivity contribution in [3.63, 3.8) is 0 Å². The predicted octanol–water partition coefficient (Wildman–Crippen LogP) is 6.40. The van der Waals surface area contributed by atoms with Gasteiger partial charge in [0.2, 0.25) is 5.82 Å². The van der Waals surface area contributed by atoms with Crippen LogP contribution in [-0.4, -0.2) is 25.3 Å². The summed E-state index contributed by atoms with van der Waals surface area (Å²) in [6.45, 7) is 0.0228. The number of tetrazole rings is 1. The Hall–Kier alpha value is -4.39.